The Morgan fingerprint density at radius 1 is 0.566 bits per heavy atom. The number of ether oxygens (including phenoxy) is 2. The Kier molecular flexibility index (Phi) is 18.7. The number of hydrogen-bond donors (Lipinski definition) is 0. The van der Waals surface area contributed by atoms with E-state index in [4.69, 9.17) is 44.3 Å². The van der Waals surface area contributed by atoms with Gasteiger partial charge in [0.25, 0.3) is 11.8 Å². The summed E-state index contributed by atoms with van der Waals surface area (Å²) >= 11 is 18.6. The maximum absolute atomic E-state index is 13.8. The van der Waals surface area contributed by atoms with Crippen LogP contribution >= 0.6 is 34.8 Å². The minimum absolute atomic E-state index is 0.0538. The molecule has 0 bridgehead atoms. The lowest BCUT2D eigenvalue weighted by atomic mass is 9.92. The minimum Gasteiger partial charge on any atom is -0.496 e. The predicted molar refractivity (Wildman–Crippen MR) is 303 cm³/mol. The van der Waals surface area contributed by atoms with Crippen molar-refractivity contribution in [3.05, 3.63) is 127 Å². The highest BCUT2D eigenvalue weighted by Gasteiger charge is 2.49. The Morgan fingerprint density at radius 2 is 1.01 bits per heavy atom. The van der Waals surface area contributed by atoms with Crippen molar-refractivity contribution in [3.63, 3.8) is 0 Å². The first kappa shape index (κ1) is 61.8. The van der Waals surface area contributed by atoms with Gasteiger partial charge in [0, 0.05) is 105 Å². The number of hydrogen-bond acceptors (Lipinski definition) is 8. The molecule has 10 rings (SSSR count). The van der Waals surface area contributed by atoms with Crippen LogP contribution in [-0.2, 0) is 26.7 Å². The van der Waals surface area contributed by atoms with Gasteiger partial charge in [-0.3, -0.25) is 24.0 Å². The van der Waals surface area contributed by atoms with E-state index in [-0.39, 0.29) is 76.0 Å². The van der Waals surface area contributed by atoms with Gasteiger partial charge in [-0.15, -0.1) is 0 Å². The van der Waals surface area contributed by atoms with E-state index in [1.807, 2.05) is 28.9 Å². The summed E-state index contributed by atoms with van der Waals surface area (Å²) < 4.78 is 91.7. The maximum Gasteiger partial charge on any atom is 0.419 e. The molecule has 0 aromatic heterocycles. The lowest BCUT2D eigenvalue weighted by molar-refractivity contribution is -0.142. The fourth-order valence-corrected chi connectivity index (χ4v) is 12.7. The lowest BCUT2D eigenvalue weighted by Crippen LogP contribution is -2.46. The van der Waals surface area contributed by atoms with Gasteiger partial charge in [-0.25, -0.2) is 0 Å². The summed E-state index contributed by atoms with van der Waals surface area (Å²) in [5.74, 6) is -1.74. The first-order valence-electron chi connectivity index (χ1n) is 28.1. The van der Waals surface area contributed by atoms with E-state index >= 15 is 0 Å². The summed E-state index contributed by atoms with van der Waals surface area (Å²) in [6, 6.07) is 18.1. The Hall–Kier alpha value is -5.76. The van der Waals surface area contributed by atoms with E-state index in [1.54, 1.807) is 42.3 Å². The number of carbonyl (C=O) groups excluding carboxylic acids is 5. The van der Waals surface area contributed by atoms with E-state index in [0.29, 0.717) is 60.6 Å². The van der Waals surface area contributed by atoms with Gasteiger partial charge in [0.1, 0.15) is 11.5 Å². The summed E-state index contributed by atoms with van der Waals surface area (Å²) in [5.41, 5.74) is -0.840. The molecule has 13 nitrogen and oxygen atoms in total. The van der Waals surface area contributed by atoms with Crippen LogP contribution in [0, 0.1) is 23.2 Å². The fraction of sp³-hybridized carbons (Fsp3) is 0.525. The van der Waals surface area contributed by atoms with Gasteiger partial charge in [-0.2, -0.15) is 26.3 Å². The topological polar surface area (TPSA) is 123 Å². The number of benzene rings is 4. The molecule has 0 radical (unpaired) electrons. The van der Waals surface area contributed by atoms with Crippen LogP contribution in [0.5, 0.6) is 11.5 Å². The van der Waals surface area contributed by atoms with E-state index in [9.17, 15) is 50.3 Å². The summed E-state index contributed by atoms with van der Waals surface area (Å²) in [5, 5.41) is 1.26. The smallest absolute Gasteiger partial charge is 0.419 e. The molecule has 22 heteroatoms. The van der Waals surface area contributed by atoms with E-state index in [1.165, 1.54) is 47.9 Å². The molecule has 4 aromatic rings. The van der Waals surface area contributed by atoms with E-state index in [0.717, 1.165) is 94.8 Å². The van der Waals surface area contributed by atoms with Crippen molar-refractivity contribution in [1.82, 2.24) is 29.4 Å². The molecule has 448 valence electrons. The Bertz CT molecular complexity index is 3050. The van der Waals surface area contributed by atoms with Gasteiger partial charge >= 0.3 is 12.4 Å². The normalized spacial score (nSPS) is 22.2. The summed E-state index contributed by atoms with van der Waals surface area (Å²) in [4.78, 5) is 78.1. The number of piperidine rings is 2. The third-order valence-corrected chi connectivity index (χ3v) is 18.8. The molecule has 4 aliphatic heterocycles. The quantitative estimate of drug-likeness (QED) is 0.121. The number of likely N-dealkylation sites (tertiary alicyclic amines) is 4. The second-order valence-corrected chi connectivity index (χ2v) is 24.6. The number of rotatable bonds is 13. The molecule has 0 spiro atoms. The van der Waals surface area contributed by atoms with Crippen LogP contribution in [0.2, 0.25) is 15.1 Å². The monoisotopic (exact) mass is 1220 g/mol. The average molecular weight is 1220 g/mol. The number of nitrogens with zero attached hydrogens (tertiary/aromatic N) is 6. The van der Waals surface area contributed by atoms with Crippen LogP contribution in [0.25, 0.3) is 0 Å². The van der Waals surface area contributed by atoms with Gasteiger partial charge in [-0.1, -0.05) is 59.9 Å². The van der Waals surface area contributed by atoms with Crippen LogP contribution in [0.1, 0.15) is 113 Å². The van der Waals surface area contributed by atoms with Crippen LogP contribution < -0.4 is 9.47 Å². The van der Waals surface area contributed by atoms with Gasteiger partial charge in [0.05, 0.1) is 47.5 Å². The SMILES string of the molecule is COc1ccc(C(=O)N(C)C2CN(C(=O)C3CCN(CC4CC4)CC3)CC2c2ccc(Cl)cc2)cc1C(F)(F)F.COc1ccc(C(=O)N(C)[C@@H]2CN(C(=O)C3CCN(C(=O)C4(C)CC4)CC3)C[C@H]2c2ccc(Cl)c(Cl)c2)cc1C(F)(F)F. The van der Waals surface area contributed by atoms with E-state index < -0.39 is 47.4 Å². The highest BCUT2D eigenvalue weighted by Crippen LogP contribution is 2.47. The third kappa shape index (κ3) is 14.0. The molecule has 6 fully saturated rings. The first-order valence-corrected chi connectivity index (χ1v) is 29.3. The van der Waals surface area contributed by atoms with Crippen LogP contribution in [-0.4, -0.2) is 158 Å². The third-order valence-electron chi connectivity index (χ3n) is 17.8. The zero-order valence-corrected chi connectivity index (χ0v) is 49.3. The van der Waals surface area contributed by atoms with Gasteiger partial charge < -0.3 is 38.9 Å². The molecule has 2 aliphatic carbocycles. The van der Waals surface area contributed by atoms with Crippen molar-refractivity contribution in [2.24, 2.45) is 23.2 Å². The molecule has 4 atom stereocenters. The van der Waals surface area contributed by atoms with Crippen LogP contribution in [0.4, 0.5) is 26.3 Å². The van der Waals surface area contributed by atoms with Crippen molar-refractivity contribution < 1.29 is 59.8 Å². The van der Waals surface area contributed by atoms with Crippen molar-refractivity contribution in [1.29, 1.82) is 0 Å². The van der Waals surface area contributed by atoms with Crippen molar-refractivity contribution >= 4 is 64.3 Å². The second-order valence-electron chi connectivity index (χ2n) is 23.4. The van der Waals surface area contributed by atoms with Gasteiger partial charge in [0.15, 0.2) is 0 Å². The van der Waals surface area contributed by atoms with Crippen molar-refractivity contribution in [2.75, 3.05) is 87.2 Å². The molecule has 2 unspecified atom stereocenters. The number of carbonyl (C=O) groups is 5. The molecule has 83 heavy (non-hydrogen) atoms. The zero-order chi connectivity index (χ0) is 59.9. The molecule has 0 N–H and O–H groups in total. The highest BCUT2D eigenvalue weighted by atomic mass is 35.5. The molecular formula is C61H69Cl3F6N6O7. The molecule has 2 saturated carbocycles. The standard InChI is InChI=1S/C31H34Cl2F3N3O4.C30H35ClF3N3O3/c1-30(10-11-30)29(42)38-12-8-18(9-13-38)28(41)39-16-21(19-4-6-23(32)24(33)15-19)25(17-39)37(2)27(40)20-5-7-26(43-3)22(14-20)31(34,35)36;1-35(28(38)22-7-10-27(40-2)25(15-22)30(32,33)34)26-18-37(17-24(26)20-5-8-23(31)9-6-20)29(39)21-11-13-36(14-12-21)16-19-3-4-19/h4-7,14-15,18,21,25H,8-13,16-17H2,1-3H3;5-10,15,19,21,24,26H,3-4,11-14,16-18H2,1-2H3/t21-,25+;/m0./s1. The summed E-state index contributed by atoms with van der Waals surface area (Å²) in [6.45, 7) is 7.24. The van der Waals surface area contributed by atoms with Crippen molar-refractivity contribution in [3.8, 4) is 11.5 Å². The number of amides is 5. The van der Waals surface area contributed by atoms with Gasteiger partial charge in [0.2, 0.25) is 17.7 Å². The van der Waals surface area contributed by atoms with Crippen LogP contribution in [0.15, 0.2) is 78.9 Å². The maximum atomic E-state index is 13.8. The predicted octanol–water partition coefficient (Wildman–Crippen LogP) is 11.7. The fourth-order valence-electron chi connectivity index (χ4n) is 12.3. The molecule has 6 aliphatic rings. The van der Waals surface area contributed by atoms with Crippen LogP contribution in [0.3, 0.4) is 0 Å². The average Bonchev–Trinajstić information content (AvgIpc) is 4.57. The number of halogens is 9. The Labute approximate surface area is 495 Å². The minimum atomic E-state index is -4.71. The van der Waals surface area contributed by atoms with E-state index in [2.05, 4.69) is 4.90 Å². The first-order chi connectivity index (χ1) is 39.3. The zero-order valence-electron chi connectivity index (χ0n) is 47.0. The molecule has 4 heterocycles. The number of alkyl halides is 6. The number of methoxy groups -OCH3 is 2. The summed E-state index contributed by atoms with van der Waals surface area (Å²) in [7, 11) is 5.43. The lowest BCUT2D eigenvalue weighted by Gasteiger charge is -2.34. The van der Waals surface area contributed by atoms with Gasteiger partial charge in [-0.05, 0) is 142 Å². The molecule has 4 saturated heterocycles. The van der Waals surface area contributed by atoms with Crippen molar-refractivity contribution in [2.45, 2.75) is 94.6 Å². The Balaban J connectivity index is 0.000000200. The second kappa shape index (κ2) is 25.1. The number of likely N-dealkylation sites (N-methyl/N-ethyl adjacent to an activating group) is 2. The highest BCUT2D eigenvalue weighted by molar-refractivity contribution is 6.42. The largest absolute Gasteiger partial charge is 0.496 e. The summed E-state index contributed by atoms with van der Waals surface area (Å²) in [6.07, 6.45) is -2.22. The molecule has 4 aromatic carbocycles. The Morgan fingerprint density at radius 3 is 1.43 bits per heavy atom. The molecular weight excluding hydrogens is 1150 g/mol. The molecule has 5 amide bonds.